The average Bonchev–Trinajstić information content (AvgIpc) is 2.95. The van der Waals surface area contributed by atoms with E-state index in [0.717, 1.165) is 25.7 Å². The van der Waals surface area contributed by atoms with Crippen LogP contribution in [0.15, 0.2) is 35.2 Å². The quantitative estimate of drug-likeness (QED) is 0.800. The van der Waals surface area contributed by atoms with Gasteiger partial charge in [0.1, 0.15) is 6.04 Å². The molecule has 1 aromatic rings. The van der Waals surface area contributed by atoms with Crippen molar-refractivity contribution in [3.8, 4) is 0 Å². The zero-order valence-corrected chi connectivity index (χ0v) is 13.5. The number of methoxy groups -OCH3 is 1. The second-order valence-electron chi connectivity index (χ2n) is 6.03. The Kier molecular flexibility index (Phi) is 4.23. The van der Waals surface area contributed by atoms with Gasteiger partial charge in [0.05, 0.1) is 12.0 Å². The maximum Gasteiger partial charge on any atom is 0.324 e. The molecule has 1 aromatic carbocycles. The van der Waals surface area contributed by atoms with Gasteiger partial charge in [-0.25, -0.2) is 8.42 Å². The molecular weight excluding hydrogens is 302 g/mol. The molecule has 0 N–H and O–H groups in total. The largest absolute Gasteiger partial charge is 0.468 e. The van der Waals surface area contributed by atoms with E-state index in [1.165, 1.54) is 11.4 Å². The molecular formula is C16H21NO4S. The summed E-state index contributed by atoms with van der Waals surface area (Å²) >= 11 is 0. The molecule has 1 aliphatic heterocycles. The second kappa shape index (κ2) is 6.01. The molecule has 0 bridgehead atoms. The number of carbonyl (C=O) groups excluding carboxylic acids is 1. The van der Waals surface area contributed by atoms with Gasteiger partial charge in [0.2, 0.25) is 10.0 Å². The lowest BCUT2D eigenvalue weighted by Gasteiger charge is -2.32. The van der Waals surface area contributed by atoms with Crippen LogP contribution in [0.1, 0.15) is 32.1 Å². The monoisotopic (exact) mass is 323 g/mol. The Morgan fingerprint density at radius 3 is 2.55 bits per heavy atom. The summed E-state index contributed by atoms with van der Waals surface area (Å²) in [5, 5.41) is 0. The SMILES string of the molecule is COC(=O)C1CC2CCCCC2N1S(=O)(=O)c1ccccc1. The van der Waals surface area contributed by atoms with Crippen LogP contribution in [0.25, 0.3) is 0 Å². The third kappa shape index (κ3) is 2.54. The van der Waals surface area contributed by atoms with E-state index in [-0.39, 0.29) is 16.9 Å². The maximum atomic E-state index is 13.0. The molecule has 2 fully saturated rings. The number of ether oxygens (including phenoxy) is 1. The summed E-state index contributed by atoms with van der Waals surface area (Å²) in [5.74, 6) is -0.190. The predicted octanol–water partition coefficient (Wildman–Crippen LogP) is 2.18. The number of fused-ring (bicyclic) bond motifs is 1. The van der Waals surface area contributed by atoms with Gasteiger partial charge in [0.25, 0.3) is 0 Å². The van der Waals surface area contributed by atoms with E-state index < -0.39 is 22.0 Å². The Hall–Kier alpha value is -1.40. The fraction of sp³-hybridized carbons (Fsp3) is 0.562. The van der Waals surface area contributed by atoms with Crippen molar-refractivity contribution in [2.24, 2.45) is 5.92 Å². The summed E-state index contributed by atoms with van der Waals surface area (Å²) in [7, 11) is -2.36. The molecule has 6 heteroatoms. The third-order valence-electron chi connectivity index (χ3n) is 4.82. The average molecular weight is 323 g/mol. The molecule has 0 spiro atoms. The number of benzene rings is 1. The number of carbonyl (C=O) groups is 1. The minimum Gasteiger partial charge on any atom is -0.468 e. The first-order valence-corrected chi connectivity index (χ1v) is 9.16. The van der Waals surface area contributed by atoms with Crippen molar-refractivity contribution in [3.05, 3.63) is 30.3 Å². The Morgan fingerprint density at radius 1 is 1.18 bits per heavy atom. The van der Waals surface area contributed by atoms with Gasteiger partial charge in [-0.15, -0.1) is 0 Å². The first-order valence-electron chi connectivity index (χ1n) is 7.72. The summed E-state index contributed by atoms with van der Waals surface area (Å²) in [6, 6.07) is 7.58. The summed E-state index contributed by atoms with van der Waals surface area (Å²) in [5.41, 5.74) is 0. The lowest BCUT2D eigenvalue weighted by molar-refractivity contribution is -0.144. The maximum absolute atomic E-state index is 13.0. The lowest BCUT2D eigenvalue weighted by atomic mass is 9.85. The normalized spacial score (nSPS) is 29.0. The first-order chi connectivity index (χ1) is 10.6. The molecule has 2 aliphatic rings. The summed E-state index contributed by atoms with van der Waals surface area (Å²) in [6.45, 7) is 0. The van der Waals surface area contributed by atoms with Gasteiger partial charge in [0.15, 0.2) is 0 Å². The number of nitrogens with zero attached hydrogens (tertiary/aromatic N) is 1. The summed E-state index contributed by atoms with van der Waals surface area (Å²) in [6.07, 6.45) is 4.50. The van der Waals surface area contributed by atoms with Crippen molar-refractivity contribution in [1.82, 2.24) is 4.31 Å². The van der Waals surface area contributed by atoms with Gasteiger partial charge >= 0.3 is 5.97 Å². The minimum atomic E-state index is -3.68. The van der Waals surface area contributed by atoms with Crippen LogP contribution in [0.4, 0.5) is 0 Å². The van der Waals surface area contributed by atoms with Gasteiger partial charge in [0, 0.05) is 6.04 Å². The highest BCUT2D eigenvalue weighted by atomic mass is 32.2. The smallest absolute Gasteiger partial charge is 0.324 e. The molecule has 0 radical (unpaired) electrons. The number of rotatable bonds is 3. The summed E-state index contributed by atoms with van der Waals surface area (Å²) in [4.78, 5) is 12.4. The lowest BCUT2D eigenvalue weighted by Crippen LogP contribution is -2.46. The molecule has 1 saturated carbocycles. The second-order valence-corrected chi connectivity index (χ2v) is 7.88. The van der Waals surface area contributed by atoms with Gasteiger partial charge in [-0.3, -0.25) is 4.79 Å². The van der Waals surface area contributed by atoms with Gasteiger partial charge in [-0.05, 0) is 37.3 Å². The van der Waals surface area contributed by atoms with Crippen LogP contribution in [-0.2, 0) is 19.6 Å². The highest BCUT2D eigenvalue weighted by Gasteiger charge is 2.51. The number of hydrogen-bond acceptors (Lipinski definition) is 4. The minimum absolute atomic E-state index is 0.0805. The van der Waals surface area contributed by atoms with Gasteiger partial charge in [-0.2, -0.15) is 4.31 Å². The Morgan fingerprint density at radius 2 is 1.86 bits per heavy atom. The Balaban J connectivity index is 2.02. The van der Waals surface area contributed by atoms with Crippen molar-refractivity contribution in [3.63, 3.8) is 0 Å². The van der Waals surface area contributed by atoms with Crippen LogP contribution in [0.2, 0.25) is 0 Å². The highest BCUT2D eigenvalue weighted by molar-refractivity contribution is 7.89. The molecule has 0 amide bonds. The molecule has 3 atom stereocenters. The fourth-order valence-electron chi connectivity index (χ4n) is 3.82. The van der Waals surface area contributed by atoms with Crippen molar-refractivity contribution in [2.45, 2.75) is 49.1 Å². The van der Waals surface area contributed by atoms with Crippen LogP contribution in [0.5, 0.6) is 0 Å². The van der Waals surface area contributed by atoms with E-state index in [1.54, 1.807) is 30.3 Å². The van der Waals surface area contributed by atoms with E-state index >= 15 is 0 Å². The Bertz CT molecular complexity index is 643. The van der Waals surface area contributed by atoms with Crippen LogP contribution in [0.3, 0.4) is 0 Å². The highest BCUT2D eigenvalue weighted by Crippen LogP contribution is 2.42. The fourth-order valence-corrected chi connectivity index (χ4v) is 5.70. The molecule has 3 unspecified atom stereocenters. The Labute approximate surface area is 131 Å². The van der Waals surface area contributed by atoms with Crippen molar-refractivity contribution in [2.75, 3.05) is 7.11 Å². The molecule has 3 rings (SSSR count). The van der Waals surface area contributed by atoms with E-state index in [2.05, 4.69) is 0 Å². The third-order valence-corrected chi connectivity index (χ3v) is 6.77. The molecule has 1 heterocycles. The van der Waals surface area contributed by atoms with E-state index in [0.29, 0.717) is 6.42 Å². The van der Waals surface area contributed by atoms with Crippen molar-refractivity contribution >= 4 is 16.0 Å². The van der Waals surface area contributed by atoms with E-state index in [4.69, 9.17) is 4.74 Å². The summed E-state index contributed by atoms with van der Waals surface area (Å²) < 4.78 is 32.4. The standard InChI is InChI=1S/C16H21NO4S/c1-21-16(18)15-11-12-7-5-6-10-14(12)17(15)22(19,20)13-8-3-2-4-9-13/h2-4,8-9,12,14-15H,5-7,10-11H2,1H3. The van der Waals surface area contributed by atoms with Crippen LogP contribution in [0, 0.1) is 5.92 Å². The number of hydrogen-bond donors (Lipinski definition) is 0. The zero-order chi connectivity index (χ0) is 15.7. The van der Waals surface area contributed by atoms with Crippen LogP contribution in [-0.4, -0.2) is 37.9 Å². The van der Waals surface area contributed by atoms with Crippen molar-refractivity contribution < 1.29 is 17.9 Å². The van der Waals surface area contributed by atoms with Crippen LogP contribution < -0.4 is 0 Å². The topological polar surface area (TPSA) is 63.7 Å². The zero-order valence-electron chi connectivity index (χ0n) is 12.6. The number of sulfonamides is 1. The predicted molar refractivity (Wildman–Crippen MR) is 81.6 cm³/mol. The molecule has 120 valence electrons. The molecule has 5 nitrogen and oxygen atoms in total. The molecule has 1 saturated heterocycles. The van der Waals surface area contributed by atoms with E-state index in [9.17, 15) is 13.2 Å². The first kappa shape index (κ1) is 15.5. The van der Waals surface area contributed by atoms with Crippen molar-refractivity contribution in [1.29, 1.82) is 0 Å². The van der Waals surface area contributed by atoms with Crippen LogP contribution >= 0.6 is 0 Å². The molecule has 0 aromatic heterocycles. The van der Waals surface area contributed by atoms with Gasteiger partial charge in [-0.1, -0.05) is 31.0 Å². The van der Waals surface area contributed by atoms with Gasteiger partial charge < -0.3 is 4.74 Å². The molecule has 1 aliphatic carbocycles. The van der Waals surface area contributed by atoms with E-state index in [1.807, 2.05) is 0 Å². The molecule has 22 heavy (non-hydrogen) atoms. The number of esters is 1.